The summed E-state index contributed by atoms with van der Waals surface area (Å²) in [5.74, 6) is -1.02. The van der Waals surface area contributed by atoms with Crippen LogP contribution in [0.25, 0.3) is 0 Å². The molecule has 0 radical (unpaired) electrons. The van der Waals surface area contributed by atoms with Gasteiger partial charge in [0.05, 0.1) is 11.3 Å². The Labute approximate surface area is 123 Å². The molecule has 0 spiro atoms. The van der Waals surface area contributed by atoms with Gasteiger partial charge in [0.25, 0.3) is 5.91 Å². The summed E-state index contributed by atoms with van der Waals surface area (Å²) >= 11 is 5.72. The predicted molar refractivity (Wildman–Crippen MR) is 72.5 cm³/mol. The number of hydrogen-bond acceptors (Lipinski definition) is 2. The van der Waals surface area contributed by atoms with Crippen LogP contribution in [0.4, 0.5) is 18.9 Å². The number of nitrogens with one attached hydrogen (secondary N) is 1. The highest BCUT2D eigenvalue weighted by Gasteiger charge is 2.30. The van der Waals surface area contributed by atoms with E-state index >= 15 is 0 Å². The van der Waals surface area contributed by atoms with Gasteiger partial charge in [0.15, 0.2) is 0 Å². The second kappa shape index (κ2) is 5.65. The molecule has 2 aromatic rings. The van der Waals surface area contributed by atoms with Crippen molar-refractivity contribution in [1.29, 1.82) is 0 Å². The summed E-state index contributed by atoms with van der Waals surface area (Å²) in [4.78, 5) is 11.9. The number of halogens is 4. The largest absolute Gasteiger partial charge is 0.506 e. The summed E-state index contributed by atoms with van der Waals surface area (Å²) in [5.41, 5.74) is -1.08. The van der Waals surface area contributed by atoms with Gasteiger partial charge in [-0.15, -0.1) is 0 Å². The maximum atomic E-state index is 12.6. The van der Waals surface area contributed by atoms with Crippen molar-refractivity contribution >= 4 is 23.2 Å². The zero-order valence-corrected chi connectivity index (χ0v) is 11.2. The maximum Gasteiger partial charge on any atom is 0.416 e. The molecule has 0 heterocycles. The molecule has 2 aromatic carbocycles. The minimum Gasteiger partial charge on any atom is -0.506 e. The number of carbonyl (C=O) groups is 1. The molecule has 0 fully saturated rings. The molecule has 0 aliphatic carbocycles. The van der Waals surface area contributed by atoms with Crippen molar-refractivity contribution in [3.8, 4) is 5.75 Å². The van der Waals surface area contributed by atoms with Crippen LogP contribution in [0.5, 0.6) is 5.75 Å². The van der Waals surface area contributed by atoms with Crippen LogP contribution >= 0.6 is 11.6 Å². The third kappa shape index (κ3) is 3.66. The van der Waals surface area contributed by atoms with Gasteiger partial charge in [0.1, 0.15) is 5.75 Å². The number of anilines is 1. The highest BCUT2D eigenvalue weighted by atomic mass is 35.5. The molecular weight excluding hydrogens is 307 g/mol. The average molecular weight is 316 g/mol. The van der Waals surface area contributed by atoms with E-state index in [-0.39, 0.29) is 22.0 Å². The van der Waals surface area contributed by atoms with Crippen LogP contribution in [-0.4, -0.2) is 11.0 Å². The Morgan fingerprint density at radius 1 is 1.14 bits per heavy atom. The first-order valence-electron chi connectivity index (χ1n) is 5.74. The summed E-state index contributed by atoms with van der Waals surface area (Å²) in [6.45, 7) is 0. The molecule has 0 aliphatic heterocycles. The first-order chi connectivity index (χ1) is 9.77. The average Bonchev–Trinajstić information content (AvgIpc) is 2.42. The number of aromatic hydroxyl groups is 1. The predicted octanol–water partition coefficient (Wildman–Crippen LogP) is 4.32. The fraction of sp³-hybridized carbons (Fsp3) is 0.0714. The van der Waals surface area contributed by atoms with E-state index in [1.165, 1.54) is 24.3 Å². The maximum absolute atomic E-state index is 12.6. The van der Waals surface area contributed by atoms with Gasteiger partial charge >= 0.3 is 6.18 Å². The van der Waals surface area contributed by atoms with Crippen LogP contribution in [0.15, 0.2) is 42.5 Å². The molecule has 3 nitrogen and oxygen atoms in total. The van der Waals surface area contributed by atoms with Crippen molar-refractivity contribution in [2.75, 3.05) is 5.32 Å². The van der Waals surface area contributed by atoms with E-state index in [9.17, 15) is 23.1 Å². The van der Waals surface area contributed by atoms with Crippen LogP contribution in [0.1, 0.15) is 15.9 Å². The molecule has 0 bridgehead atoms. The third-order valence-corrected chi connectivity index (χ3v) is 2.89. The molecule has 0 unspecified atom stereocenters. The molecule has 21 heavy (non-hydrogen) atoms. The van der Waals surface area contributed by atoms with Crippen LogP contribution in [0, 0.1) is 0 Å². The lowest BCUT2D eigenvalue weighted by molar-refractivity contribution is -0.137. The number of phenols is 1. The van der Waals surface area contributed by atoms with Crippen molar-refractivity contribution in [1.82, 2.24) is 0 Å². The summed E-state index contributed by atoms with van der Waals surface area (Å²) in [6.07, 6.45) is -4.53. The number of carbonyl (C=O) groups excluding carboxylic acids is 1. The minimum atomic E-state index is -4.53. The first kappa shape index (κ1) is 15.2. The Hall–Kier alpha value is -2.21. The van der Waals surface area contributed by atoms with Crippen molar-refractivity contribution in [3.05, 3.63) is 58.6 Å². The molecule has 2 N–H and O–H groups in total. The Morgan fingerprint density at radius 2 is 1.86 bits per heavy atom. The van der Waals surface area contributed by atoms with Crippen molar-refractivity contribution in [2.24, 2.45) is 0 Å². The normalized spacial score (nSPS) is 11.2. The summed E-state index contributed by atoms with van der Waals surface area (Å²) in [7, 11) is 0. The number of rotatable bonds is 2. The summed E-state index contributed by atoms with van der Waals surface area (Å²) in [6, 6.07) is 7.95. The van der Waals surface area contributed by atoms with Gasteiger partial charge in [-0.3, -0.25) is 4.79 Å². The van der Waals surface area contributed by atoms with Crippen LogP contribution < -0.4 is 5.32 Å². The molecule has 0 atom stereocenters. The second-order valence-corrected chi connectivity index (χ2v) is 4.63. The molecule has 0 saturated heterocycles. The smallest absolute Gasteiger partial charge is 0.416 e. The van der Waals surface area contributed by atoms with Crippen LogP contribution in [0.3, 0.4) is 0 Å². The lowest BCUT2D eigenvalue weighted by atomic mass is 10.1. The fourth-order valence-corrected chi connectivity index (χ4v) is 1.81. The van der Waals surface area contributed by atoms with E-state index in [0.717, 1.165) is 18.2 Å². The Morgan fingerprint density at radius 3 is 2.52 bits per heavy atom. The van der Waals surface area contributed by atoms with Gasteiger partial charge in [0.2, 0.25) is 0 Å². The zero-order chi connectivity index (χ0) is 15.6. The van der Waals surface area contributed by atoms with Gasteiger partial charge in [-0.25, -0.2) is 0 Å². The van der Waals surface area contributed by atoms with Gasteiger partial charge in [-0.2, -0.15) is 13.2 Å². The lowest BCUT2D eigenvalue weighted by Crippen LogP contribution is -2.14. The van der Waals surface area contributed by atoms with Crippen LogP contribution in [-0.2, 0) is 6.18 Å². The fourth-order valence-electron chi connectivity index (χ4n) is 1.64. The Kier molecular flexibility index (Phi) is 4.09. The van der Waals surface area contributed by atoms with Gasteiger partial charge in [0, 0.05) is 10.6 Å². The number of alkyl halides is 3. The molecule has 0 saturated carbocycles. The highest BCUT2D eigenvalue weighted by Crippen LogP contribution is 2.30. The van der Waals surface area contributed by atoms with E-state index < -0.39 is 17.6 Å². The molecule has 1 amide bonds. The topological polar surface area (TPSA) is 49.3 Å². The van der Waals surface area contributed by atoms with Crippen molar-refractivity contribution in [2.45, 2.75) is 6.18 Å². The second-order valence-electron chi connectivity index (χ2n) is 4.19. The zero-order valence-electron chi connectivity index (χ0n) is 10.4. The Bertz CT molecular complexity index is 686. The van der Waals surface area contributed by atoms with Crippen LogP contribution in [0.2, 0.25) is 5.02 Å². The Balaban J connectivity index is 2.27. The molecule has 7 heteroatoms. The molecule has 110 valence electrons. The van der Waals surface area contributed by atoms with Gasteiger partial charge in [-0.1, -0.05) is 17.7 Å². The molecule has 0 aliphatic rings. The standard InChI is InChI=1S/C14H9ClF3NO2/c15-10-4-5-12(20)11(7-10)19-13(21)8-2-1-3-9(6-8)14(16,17)18/h1-7,20H,(H,19,21). The monoisotopic (exact) mass is 315 g/mol. The summed E-state index contributed by atoms with van der Waals surface area (Å²) < 4.78 is 37.8. The number of phenolic OH excluding ortho intramolecular Hbond substituents is 1. The highest BCUT2D eigenvalue weighted by molar-refractivity contribution is 6.31. The number of benzene rings is 2. The van der Waals surface area contributed by atoms with E-state index in [4.69, 9.17) is 11.6 Å². The lowest BCUT2D eigenvalue weighted by Gasteiger charge is -2.10. The van der Waals surface area contributed by atoms with Gasteiger partial charge in [-0.05, 0) is 36.4 Å². The number of hydrogen-bond donors (Lipinski definition) is 2. The molecule has 2 rings (SSSR count). The molecule has 0 aromatic heterocycles. The van der Waals surface area contributed by atoms with Crippen molar-refractivity contribution in [3.63, 3.8) is 0 Å². The van der Waals surface area contributed by atoms with E-state index in [1.807, 2.05) is 0 Å². The quantitative estimate of drug-likeness (QED) is 0.811. The van der Waals surface area contributed by atoms with E-state index in [2.05, 4.69) is 5.32 Å². The van der Waals surface area contributed by atoms with E-state index in [0.29, 0.717) is 0 Å². The first-order valence-corrected chi connectivity index (χ1v) is 6.12. The van der Waals surface area contributed by atoms with E-state index in [1.54, 1.807) is 0 Å². The summed E-state index contributed by atoms with van der Waals surface area (Å²) in [5, 5.41) is 12.1. The third-order valence-electron chi connectivity index (χ3n) is 2.66. The van der Waals surface area contributed by atoms with Crippen molar-refractivity contribution < 1.29 is 23.1 Å². The SMILES string of the molecule is O=C(Nc1cc(Cl)ccc1O)c1cccc(C(F)(F)F)c1. The molecular formula is C14H9ClF3NO2. The number of amides is 1. The minimum absolute atomic E-state index is 0.0184. The van der Waals surface area contributed by atoms with Gasteiger partial charge < -0.3 is 10.4 Å².